The van der Waals surface area contributed by atoms with Gasteiger partial charge in [0.15, 0.2) is 11.6 Å². The molecular formula is C25H26N4O3. The zero-order valence-electron chi connectivity index (χ0n) is 17.9. The van der Waals surface area contributed by atoms with Crippen LogP contribution in [0.1, 0.15) is 11.1 Å². The van der Waals surface area contributed by atoms with E-state index in [0.29, 0.717) is 24.7 Å². The average molecular weight is 431 g/mol. The van der Waals surface area contributed by atoms with Crippen molar-refractivity contribution >= 4 is 23.2 Å². The second kappa shape index (κ2) is 9.28. The predicted molar refractivity (Wildman–Crippen MR) is 125 cm³/mol. The molecule has 2 aromatic carbocycles. The Morgan fingerprint density at radius 2 is 1.72 bits per heavy atom. The number of aromatic nitrogens is 1. The number of hydrogen-bond acceptors (Lipinski definition) is 5. The van der Waals surface area contributed by atoms with Gasteiger partial charge in [0.2, 0.25) is 0 Å². The van der Waals surface area contributed by atoms with Gasteiger partial charge in [-0.05, 0) is 47.9 Å². The largest absolute Gasteiger partial charge is 0.488 e. The van der Waals surface area contributed by atoms with Gasteiger partial charge in [0, 0.05) is 30.7 Å². The molecule has 1 fully saturated rings. The molecule has 0 aliphatic carbocycles. The van der Waals surface area contributed by atoms with Crippen LogP contribution in [0.2, 0.25) is 0 Å². The Hall–Kier alpha value is -3.58. The smallest absolute Gasteiger partial charge is 0.327 e. The van der Waals surface area contributed by atoms with E-state index < -0.39 is 0 Å². The summed E-state index contributed by atoms with van der Waals surface area (Å²) in [6.07, 6.45) is 2.58. The van der Waals surface area contributed by atoms with Crippen molar-refractivity contribution < 1.29 is 14.3 Å². The number of fused-ring (bicyclic) bond motifs is 1. The molecule has 3 heterocycles. The fourth-order valence-electron chi connectivity index (χ4n) is 4.03. The molecule has 0 radical (unpaired) electrons. The number of nitrogens with one attached hydrogen (secondary N) is 1. The Kier molecular flexibility index (Phi) is 5.89. The molecule has 0 saturated carbocycles. The van der Waals surface area contributed by atoms with Gasteiger partial charge in [-0.2, -0.15) is 0 Å². The minimum absolute atomic E-state index is 0.209. The standard InChI is InChI=1S/C25H26N4O3/c30-25(27-21-4-2-1-3-5-21)29-12-15-32-23-17-20(18-26-24(23)29)16-19-6-8-22(9-7-19)28-10-13-31-14-11-28/h1-9,17-18H,10-16H2,(H,27,30). The number of hydrogen-bond donors (Lipinski definition) is 1. The monoisotopic (exact) mass is 430 g/mol. The highest BCUT2D eigenvalue weighted by molar-refractivity contribution is 6.02. The highest BCUT2D eigenvalue weighted by Gasteiger charge is 2.25. The second-order valence-corrected chi connectivity index (χ2v) is 7.90. The summed E-state index contributed by atoms with van der Waals surface area (Å²) in [6.45, 7) is 4.32. The zero-order valence-corrected chi connectivity index (χ0v) is 17.9. The van der Waals surface area contributed by atoms with Gasteiger partial charge in [0.1, 0.15) is 6.61 Å². The van der Waals surface area contributed by atoms with Crippen LogP contribution in [0, 0.1) is 0 Å². The molecule has 1 aromatic heterocycles. The number of carbonyl (C=O) groups is 1. The molecule has 164 valence electrons. The van der Waals surface area contributed by atoms with E-state index in [4.69, 9.17) is 9.47 Å². The van der Waals surface area contributed by atoms with E-state index in [1.165, 1.54) is 11.3 Å². The SMILES string of the molecule is O=C(Nc1ccccc1)N1CCOc2cc(Cc3ccc(N4CCOCC4)cc3)cnc21. The summed E-state index contributed by atoms with van der Waals surface area (Å²) >= 11 is 0. The highest BCUT2D eigenvalue weighted by Crippen LogP contribution is 2.31. The van der Waals surface area contributed by atoms with Gasteiger partial charge >= 0.3 is 6.03 Å². The van der Waals surface area contributed by atoms with Gasteiger partial charge < -0.3 is 19.7 Å². The Labute approximate surface area is 187 Å². The van der Waals surface area contributed by atoms with Gasteiger partial charge in [-0.15, -0.1) is 0 Å². The lowest BCUT2D eigenvalue weighted by Gasteiger charge is -2.29. The van der Waals surface area contributed by atoms with Gasteiger partial charge in [0.25, 0.3) is 0 Å². The van der Waals surface area contributed by atoms with Crippen LogP contribution in [-0.2, 0) is 11.2 Å². The molecule has 0 atom stereocenters. The molecule has 0 unspecified atom stereocenters. The van der Waals surface area contributed by atoms with Gasteiger partial charge in [-0.3, -0.25) is 4.90 Å². The highest BCUT2D eigenvalue weighted by atomic mass is 16.5. The number of rotatable bonds is 4. The van der Waals surface area contributed by atoms with Crippen molar-refractivity contribution in [3.05, 3.63) is 78.0 Å². The molecule has 0 bridgehead atoms. The first kappa shape index (κ1) is 20.3. The number of urea groups is 1. The average Bonchev–Trinajstić information content (AvgIpc) is 2.85. The van der Waals surface area contributed by atoms with Crippen LogP contribution in [0.4, 0.5) is 22.0 Å². The lowest BCUT2D eigenvalue weighted by atomic mass is 10.1. The summed E-state index contributed by atoms with van der Waals surface area (Å²) in [4.78, 5) is 21.3. The number of pyridine rings is 1. The van der Waals surface area contributed by atoms with Gasteiger partial charge in [-0.25, -0.2) is 9.78 Å². The quantitative estimate of drug-likeness (QED) is 0.679. The third-order valence-electron chi connectivity index (χ3n) is 5.71. The second-order valence-electron chi connectivity index (χ2n) is 7.90. The van der Waals surface area contributed by atoms with E-state index in [1.54, 1.807) is 4.90 Å². The van der Waals surface area contributed by atoms with Gasteiger partial charge in [-0.1, -0.05) is 30.3 Å². The van der Waals surface area contributed by atoms with E-state index >= 15 is 0 Å². The maximum atomic E-state index is 12.8. The number of anilines is 3. The molecule has 2 aliphatic heterocycles. The van der Waals surface area contributed by atoms with Crippen molar-refractivity contribution in [1.29, 1.82) is 0 Å². The molecule has 0 spiro atoms. The van der Waals surface area contributed by atoms with Crippen molar-refractivity contribution in [3.8, 4) is 5.75 Å². The Bertz CT molecular complexity index is 1070. The maximum absolute atomic E-state index is 12.8. The molecule has 7 heteroatoms. The van der Waals surface area contributed by atoms with Crippen LogP contribution in [-0.4, -0.2) is 50.5 Å². The number of carbonyl (C=O) groups excluding carboxylic acids is 1. The molecule has 1 saturated heterocycles. The van der Waals surface area contributed by atoms with Crippen molar-refractivity contribution in [2.45, 2.75) is 6.42 Å². The molecule has 1 N–H and O–H groups in total. The molecule has 32 heavy (non-hydrogen) atoms. The minimum Gasteiger partial charge on any atom is -0.488 e. The van der Waals surface area contributed by atoms with Crippen molar-refractivity contribution in [2.75, 3.05) is 54.6 Å². The summed E-state index contributed by atoms with van der Waals surface area (Å²) in [5.74, 6) is 1.19. The number of morpholine rings is 1. The molecule has 2 amide bonds. The van der Waals surface area contributed by atoms with Crippen molar-refractivity contribution in [2.24, 2.45) is 0 Å². The van der Waals surface area contributed by atoms with Crippen LogP contribution >= 0.6 is 0 Å². The normalized spacial score (nSPS) is 15.6. The summed E-state index contributed by atoms with van der Waals surface area (Å²) < 4.78 is 11.3. The number of ether oxygens (including phenoxy) is 2. The number of benzene rings is 2. The summed E-state index contributed by atoms with van der Waals surface area (Å²) in [5.41, 5.74) is 4.23. The molecule has 7 nitrogen and oxygen atoms in total. The fourth-order valence-corrected chi connectivity index (χ4v) is 4.03. The van der Waals surface area contributed by atoms with E-state index in [-0.39, 0.29) is 6.03 Å². The van der Waals surface area contributed by atoms with Crippen LogP contribution < -0.4 is 19.9 Å². The lowest BCUT2D eigenvalue weighted by molar-refractivity contribution is 0.122. The van der Waals surface area contributed by atoms with E-state index in [2.05, 4.69) is 39.5 Å². The first-order valence-electron chi connectivity index (χ1n) is 10.9. The first-order valence-corrected chi connectivity index (χ1v) is 10.9. The molecule has 3 aromatic rings. The first-order chi connectivity index (χ1) is 15.8. The number of amides is 2. The van der Waals surface area contributed by atoms with Crippen LogP contribution in [0.25, 0.3) is 0 Å². The maximum Gasteiger partial charge on any atom is 0.327 e. The van der Waals surface area contributed by atoms with E-state index in [9.17, 15) is 4.79 Å². The van der Waals surface area contributed by atoms with Crippen molar-refractivity contribution in [1.82, 2.24) is 4.98 Å². The third kappa shape index (κ3) is 4.53. The van der Waals surface area contributed by atoms with Crippen molar-refractivity contribution in [3.63, 3.8) is 0 Å². The topological polar surface area (TPSA) is 66.9 Å². The zero-order chi connectivity index (χ0) is 21.8. The van der Waals surface area contributed by atoms with E-state index in [1.807, 2.05) is 42.6 Å². The summed E-state index contributed by atoms with van der Waals surface area (Å²) in [6, 6.07) is 19.8. The lowest BCUT2D eigenvalue weighted by Crippen LogP contribution is -2.41. The van der Waals surface area contributed by atoms with Gasteiger partial charge in [0.05, 0.1) is 19.8 Å². The van der Waals surface area contributed by atoms with Crippen LogP contribution in [0.3, 0.4) is 0 Å². The van der Waals surface area contributed by atoms with E-state index in [0.717, 1.165) is 44.0 Å². The van der Waals surface area contributed by atoms with Crippen LogP contribution in [0.15, 0.2) is 66.9 Å². The predicted octanol–water partition coefficient (Wildman–Crippen LogP) is 3.94. The Morgan fingerprint density at radius 1 is 0.938 bits per heavy atom. The molecular weight excluding hydrogens is 404 g/mol. The third-order valence-corrected chi connectivity index (χ3v) is 5.71. The van der Waals surface area contributed by atoms with Crippen LogP contribution in [0.5, 0.6) is 5.75 Å². The molecule has 5 rings (SSSR count). The Morgan fingerprint density at radius 3 is 2.50 bits per heavy atom. The number of para-hydroxylation sites is 1. The Balaban J connectivity index is 1.27. The molecule has 2 aliphatic rings. The number of nitrogens with zero attached hydrogens (tertiary/aromatic N) is 3. The fraction of sp³-hybridized carbons (Fsp3) is 0.280. The summed E-state index contributed by atoms with van der Waals surface area (Å²) in [5, 5.41) is 2.92. The minimum atomic E-state index is -0.209. The summed E-state index contributed by atoms with van der Waals surface area (Å²) in [7, 11) is 0.